The number of thioether (sulfide) groups is 1. The molecule has 0 N–H and O–H groups in total. The van der Waals surface area contributed by atoms with Crippen molar-refractivity contribution in [1.82, 2.24) is 9.97 Å². The fourth-order valence-electron chi connectivity index (χ4n) is 3.18. The standard InChI is InChI=1S/C19H16N2S2/c1-2-9-22-18-17-16(11-23-19(17)21-12-20-18)15-8-7-13-5-3-4-6-14(13)10-15/h1,7-8,10-12H,3-6,9H2. The molecule has 2 heterocycles. The Bertz CT molecular complexity index is 905. The molecule has 4 heteroatoms. The van der Waals surface area contributed by atoms with Crippen LogP contribution in [0.2, 0.25) is 0 Å². The molecule has 0 saturated carbocycles. The van der Waals surface area contributed by atoms with Gasteiger partial charge in [-0.2, -0.15) is 0 Å². The predicted octanol–water partition coefficient (Wildman–Crippen LogP) is 4.96. The molecule has 0 aliphatic heterocycles. The summed E-state index contributed by atoms with van der Waals surface area (Å²) in [7, 11) is 0. The lowest BCUT2D eigenvalue weighted by atomic mass is 9.89. The fourth-order valence-corrected chi connectivity index (χ4v) is 4.85. The molecule has 0 spiro atoms. The second-order valence-electron chi connectivity index (χ2n) is 5.69. The molecule has 0 atom stereocenters. The number of aryl methyl sites for hydroxylation is 2. The molecule has 4 rings (SSSR count). The van der Waals surface area contributed by atoms with E-state index in [4.69, 9.17) is 6.42 Å². The SMILES string of the molecule is C#CCSc1ncnc2scc(-c3ccc4c(c3)CCCC4)c12. The third kappa shape index (κ3) is 2.75. The van der Waals surface area contributed by atoms with Crippen molar-refractivity contribution in [2.45, 2.75) is 30.7 Å². The molecule has 0 amide bonds. The summed E-state index contributed by atoms with van der Waals surface area (Å²) in [6, 6.07) is 6.90. The molecular weight excluding hydrogens is 320 g/mol. The zero-order chi connectivity index (χ0) is 15.6. The van der Waals surface area contributed by atoms with Crippen molar-refractivity contribution in [3.05, 3.63) is 41.0 Å². The van der Waals surface area contributed by atoms with Crippen LogP contribution in [0.1, 0.15) is 24.0 Å². The highest BCUT2D eigenvalue weighted by molar-refractivity contribution is 7.99. The molecular formula is C19H16N2S2. The van der Waals surface area contributed by atoms with E-state index in [1.165, 1.54) is 47.9 Å². The van der Waals surface area contributed by atoms with Gasteiger partial charge in [-0.15, -0.1) is 17.8 Å². The van der Waals surface area contributed by atoms with Gasteiger partial charge in [0.1, 0.15) is 16.2 Å². The van der Waals surface area contributed by atoms with Crippen molar-refractivity contribution in [2.75, 3.05) is 5.75 Å². The van der Waals surface area contributed by atoms with E-state index in [0.717, 1.165) is 15.2 Å². The van der Waals surface area contributed by atoms with Gasteiger partial charge in [0, 0.05) is 10.9 Å². The number of thiophene rings is 1. The average molecular weight is 336 g/mol. The van der Waals surface area contributed by atoms with Crippen LogP contribution < -0.4 is 0 Å². The molecule has 0 bridgehead atoms. The van der Waals surface area contributed by atoms with Crippen molar-refractivity contribution in [2.24, 2.45) is 0 Å². The van der Waals surface area contributed by atoms with Crippen LogP contribution >= 0.6 is 23.1 Å². The van der Waals surface area contributed by atoms with Gasteiger partial charge < -0.3 is 0 Å². The molecule has 0 unspecified atom stereocenters. The third-order valence-corrected chi connectivity index (χ3v) is 6.07. The Hall–Kier alpha value is -1.83. The molecule has 0 fully saturated rings. The van der Waals surface area contributed by atoms with Crippen LogP contribution in [0.4, 0.5) is 0 Å². The molecule has 1 aromatic carbocycles. The van der Waals surface area contributed by atoms with Gasteiger partial charge in [0.05, 0.1) is 11.1 Å². The molecule has 0 radical (unpaired) electrons. The van der Waals surface area contributed by atoms with Gasteiger partial charge in [-0.3, -0.25) is 0 Å². The van der Waals surface area contributed by atoms with E-state index >= 15 is 0 Å². The summed E-state index contributed by atoms with van der Waals surface area (Å²) in [4.78, 5) is 9.91. The lowest BCUT2D eigenvalue weighted by Crippen LogP contribution is -2.02. The number of hydrogen-bond acceptors (Lipinski definition) is 4. The van der Waals surface area contributed by atoms with E-state index in [2.05, 4.69) is 39.5 Å². The van der Waals surface area contributed by atoms with E-state index in [1.54, 1.807) is 29.4 Å². The van der Waals surface area contributed by atoms with Gasteiger partial charge >= 0.3 is 0 Å². The summed E-state index contributed by atoms with van der Waals surface area (Å²) in [5, 5.41) is 4.33. The Kier molecular flexibility index (Phi) is 4.07. The minimum Gasteiger partial charge on any atom is -0.229 e. The van der Waals surface area contributed by atoms with Crippen LogP contribution in [-0.4, -0.2) is 15.7 Å². The van der Waals surface area contributed by atoms with Gasteiger partial charge in [0.25, 0.3) is 0 Å². The Morgan fingerprint density at radius 1 is 1.17 bits per heavy atom. The van der Waals surface area contributed by atoms with E-state index < -0.39 is 0 Å². The highest BCUT2D eigenvalue weighted by Crippen LogP contribution is 2.38. The number of rotatable bonds is 3. The predicted molar refractivity (Wildman–Crippen MR) is 99.1 cm³/mol. The first-order valence-electron chi connectivity index (χ1n) is 7.77. The topological polar surface area (TPSA) is 25.8 Å². The fraction of sp³-hybridized carbons (Fsp3) is 0.263. The van der Waals surface area contributed by atoms with Crippen LogP contribution in [0, 0.1) is 12.3 Å². The van der Waals surface area contributed by atoms with Crippen LogP contribution in [-0.2, 0) is 12.8 Å². The van der Waals surface area contributed by atoms with Crippen molar-refractivity contribution in [3.8, 4) is 23.5 Å². The van der Waals surface area contributed by atoms with Gasteiger partial charge in [-0.25, -0.2) is 9.97 Å². The average Bonchev–Trinajstić information content (AvgIpc) is 3.04. The summed E-state index contributed by atoms with van der Waals surface area (Å²) >= 11 is 3.29. The summed E-state index contributed by atoms with van der Waals surface area (Å²) in [6.07, 6.45) is 12.1. The largest absolute Gasteiger partial charge is 0.229 e. The van der Waals surface area contributed by atoms with Crippen molar-refractivity contribution in [1.29, 1.82) is 0 Å². The van der Waals surface area contributed by atoms with E-state index in [1.807, 2.05) is 0 Å². The Morgan fingerprint density at radius 3 is 2.91 bits per heavy atom. The Labute approximate surface area is 144 Å². The number of nitrogens with zero attached hydrogens (tertiary/aromatic N) is 2. The molecule has 3 aromatic rings. The summed E-state index contributed by atoms with van der Waals surface area (Å²) in [6.45, 7) is 0. The van der Waals surface area contributed by atoms with Crippen LogP contribution in [0.3, 0.4) is 0 Å². The maximum atomic E-state index is 5.41. The highest BCUT2D eigenvalue weighted by Gasteiger charge is 2.15. The second kappa shape index (κ2) is 6.35. The highest BCUT2D eigenvalue weighted by atomic mass is 32.2. The monoisotopic (exact) mass is 336 g/mol. The van der Waals surface area contributed by atoms with E-state index in [0.29, 0.717) is 5.75 Å². The van der Waals surface area contributed by atoms with Crippen molar-refractivity contribution in [3.63, 3.8) is 0 Å². The molecule has 2 nitrogen and oxygen atoms in total. The number of terminal acetylenes is 1. The zero-order valence-electron chi connectivity index (χ0n) is 12.7. The first-order valence-corrected chi connectivity index (χ1v) is 9.64. The maximum Gasteiger partial charge on any atom is 0.128 e. The lowest BCUT2D eigenvalue weighted by molar-refractivity contribution is 0.686. The minimum absolute atomic E-state index is 0.631. The normalized spacial score (nSPS) is 13.7. The quantitative estimate of drug-likeness (QED) is 0.384. The summed E-state index contributed by atoms with van der Waals surface area (Å²) < 4.78 is 0. The summed E-state index contributed by atoms with van der Waals surface area (Å²) in [5.74, 6) is 3.31. The molecule has 0 saturated heterocycles. The second-order valence-corrected chi connectivity index (χ2v) is 7.51. The molecule has 23 heavy (non-hydrogen) atoms. The van der Waals surface area contributed by atoms with Gasteiger partial charge in [0.15, 0.2) is 0 Å². The molecule has 2 aromatic heterocycles. The van der Waals surface area contributed by atoms with Crippen LogP contribution in [0.15, 0.2) is 34.9 Å². The Morgan fingerprint density at radius 2 is 2.04 bits per heavy atom. The van der Waals surface area contributed by atoms with Gasteiger partial charge in [-0.1, -0.05) is 35.9 Å². The maximum absolute atomic E-state index is 5.41. The number of fused-ring (bicyclic) bond motifs is 2. The van der Waals surface area contributed by atoms with Crippen LogP contribution in [0.25, 0.3) is 21.3 Å². The molecule has 1 aliphatic rings. The summed E-state index contributed by atoms with van der Waals surface area (Å²) in [5.41, 5.74) is 5.52. The van der Waals surface area contributed by atoms with Gasteiger partial charge in [-0.05, 0) is 42.4 Å². The van der Waals surface area contributed by atoms with Gasteiger partial charge in [0.2, 0.25) is 0 Å². The van der Waals surface area contributed by atoms with Crippen molar-refractivity contribution < 1.29 is 0 Å². The zero-order valence-corrected chi connectivity index (χ0v) is 14.3. The first kappa shape index (κ1) is 14.7. The van der Waals surface area contributed by atoms with Crippen LogP contribution in [0.5, 0.6) is 0 Å². The lowest BCUT2D eigenvalue weighted by Gasteiger charge is -2.16. The van der Waals surface area contributed by atoms with E-state index in [9.17, 15) is 0 Å². The first-order chi connectivity index (χ1) is 11.4. The molecule has 114 valence electrons. The van der Waals surface area contributed by atoms with E-state index in [-0.39, 0.29) is 0 Å². The smallest absolute Gasteiger partial charge is 0.128 e. The number of aromatic nitrogens is 2. The third-order valence-electron chi connectivity index (χ3n) is 4.29. The minimum atomic E-state index is 0.631. The van der Waals surface area contributed by atoms with Crippen molar-refractivity contribution >= 4 is 33.3 Å². The molecule has 1 aliphatic carbocycles. The number of benzene rings is 1. The Balaban J connectivity index is 1.84. The number of hydrogen-bond donors (Lipinski definition) is 0.